The van der Waals surface area contributed by atoms with Crippen molar-refractivity contribution in [1.29, 1.82) is 0 Å². The summed E-state index contributed by atoms with van der Waals surface area (Å²) >= 11 is 9.49. The van der Waals surface area contributed by atoms with E-state index in [4.69, 9.17) is 16.3 Å². The van der Waals surface area contributed by atoms with E-state index in [1.807, 2.05) is 26.2 Å². The number of benzene rings is 1. The van der Waals surface area contributed by atoms with Crippen molar-refractivity contribution in [3.8, 4) is 5.75 Å². The van der Waals surface area contributed by atoms with Crippen LogP contribution >= 0.6 is 27.5 Å². The van der Waals surface area contributed by atoms with Crippen molar-refractivity contribution in [1.82, 2.24) is 9.78 Å². The highest BCUT2D eigenvalue weighted by Crippen LogP contribution is 2.36. The normalized spacial score (nSPS) is 10.6. The number of nitrogens with zero attached hydrogens (tertiary/aromatic N) is 2. The SMILES string of the molecule is COc1c(Br)cc(Cl)cc1NCc1cn(C)nc1C. The summed E-state index contributed by atoms with van der Waals surface area (Å²) in [5.41, 5.74) is 3.00. The highest BCUT2D eigenvalue weighted by atomic mass is 79.9. The van der Waals surface area contributed by atoms with Crippen LogP contribution < -0.4 is 10.1 Å². The molecule has 0 radical (unpaired) electrons. The molecule has 0 bridgehead atoms. The van der Waals surface area contributed by atoms with E-state index in [2.05, 4.69) is 26.3 Å². The van der Waals surface area contributed by atoms with Gasteiger partial charge in [-0.3, -0.25) is 4.68 Å². The number of nitrogens with one attached hydrogen (secondary N) is 1. The highest BCUT2D eigenvalue weighted by Gasteiger charge is 2.10. The van der Waals surface area contributed by atoms with E-state index in [9.17, 15) is 0 Å². The molecule has 0 fully saturated rings. The second-order valence-electron chi connectivity index (χ2n) is 4.24. The van der Waals surface area contributed by atoms with Gasteiger partial charge in [-0.25, -0.2) is 0 Å². The van der Waals surface area contributed by atoms with Gasteiger partial charge in [0, 0.05) is 30.4 Å². The number of aromatic nitrogens is 2. The third-order valence-electron chi connectivity index (χ3n) is 2.80. The molecule has 0 saturated heterocycles. The van der Waals surface area contributed by atoms with Crippen LogP contribution in [-0.4, -0.2) is 16.9 Å². The zero-order valence-electron chi connectivity index (χ0n) is 11.0. The average Bonchev–Trinajstić information content (AvgIpc) is 2.64. The van der Waals surface area contributed by atoms with Crippen molar-refractivity contribution in [2.45, 2.75) is 13.5 Å². The summed E-state index contributed by atoms with van der Waals surface area (Å²) in [6.07, 6.45) is 1.99. The molecule has 0 amide bonds. The fourth-order valence-electron chi connectivity index (χ4n) is 1.91. The standard InChI is InChI=1S/C13H15BrClN3O/c1-8-9(7-18(2)17-8)6-16-12-5-10(15)4-11(14)13(12)19-3/h4-5,7,16H,6H2,1-3H3. The summed E-state index contributed by atoms with van der Waals surface area (Å²) in [6.45, 7) is 2.66. The van der Waals surface area contributed by atoms with Crippen LogP contribution in [0, 0.1) is 6.92 Å². The first-order valence-electron chi connectivity index (χ1n) is 5.77. The number of hydrogen-bond donors (Lipinski definition) is 1. The molecule has 1 N–H and O–H groups in total. The molecule has 0 atom stereocenters. The highest BCUT2D eigenvalue weighted by molar-refractivity contribution is 9.10. The van der Waals surface area contributed by atoms with Gasteiger partial charge in [-0.05, 0) is 35.0 Å². The lowest BCUT2D eigenvalue weighted by molar-refractivity contribution is 0.414. The second kappa shape index (κ2) is 5.84. The zero-order chi connectivity index (χ0) is 14.0. The van der Waals surface area contributed by atoms with Crippen molar-refractivity contribution < 1.29 is 4.74 Å². The third kappa shape index (κ3) is 3.22. The van der Waals surface area contributed by atoms with Gasteiger partial charge in [0.05, 0.1) is 23.0 Å². The van der Waals surface area contributed by atoms with E-state index in [0.29, 0.717) is 11.6 Å². The molecule has 6 heteroatoms. The predicted molar refractivity (Wildman–Crippen MR) is 81.0 cm³/mol. The summed E-state index contributed by atoms with van der Waals surface area (Å²) in [4.78, 5) is 0. The Morgan fingerprint density at radius 2 is 2.21 bits per heavy atom. The van der Waals surface area contributed by atoms with Gasteiger partial charge in [0.15, 0.2) is 5.75 Å². The first kappa shape index (κ1) is 14.2. The molecule has 0 saturated carbocycles. The first-order chi connectivity index (χ1) is 9.01. The molecule has 0 spiro atoms. The molecular weight excluding hydrogens is 330 g/mol. The van der Waals surface area contributed by atoms with Crippen molar-refractivity contribution in [2.24, 2.45) is 7.05 Å². The molecular formula is C13H15BrClN3O. The monoisotopic (exact) mass is 343 g/mol. The summed E-state index contributed by atoms with van der Waals surface area (Å²) in [5, 5.41) is 8.29. The van der Waals surface area contributed by atoms with Crippen molar-refractivity contribution in [3.05, 3.63) is 39.1 Å². The van der Waals surface area contributed by atoms with Crippen LogP contribution in [-0.2, 0) is 13.6 Å². The molecule has 4 nitrogen and oxygen atoms in total. The Morgan fingerprint density at radius 1 is 1.47 bits per heavy atom. The minimum Gasteiger partial charge on any atom is -0.493 e. The minimum absolute atomic E-state index is 0.651. The Hall–Kier alpha value is -1.20. The maximum atomic E-state index is 6.05. The lowest BCUT2D eigenvalue weighted by Gasteiger charge is -2.13. The van der Waals surface area contributed by atoms with Gasteiger partial charge in [0.25, 0.3) is 0 Å². The molecule has 2 rings (SSSR count). The van der Waals surface area contributed by atoms with Gasteiger partial charge in [-0.1, -0.05) is 11.6 Å². The molecule has 1 heterocycles. The molecule has 0 aliphatic heterocycles. The van der Waals surface area contributed by atoms with Crippen LogP contribution in [0.2, 0.25) is 5.02 Å². The van der Waals surface area contributed by atoms with Crippen LogP contribution in [0.4, 0.5) is 5.69 Å². The fourth-order valence-corrected chi connectivity index (χ4v) is 2.88. The minimum atomic E-state index is 0.651. The summed E-state index contributed by atoms with van der Waals surface area (Å²) < 4.78 is 8.00. The van der Waals surface area contributed by atoms with Crippen molar-refractivity contribution in [2.75, 3.05) is 12.4 Å². The largest absolute Gasteiger partial charge is 0.493 e. The Bertz CT molecular complexity index is 598. The average molecular weight is 345 g/mol. The van der Waals surface area contributed by atoms with E-state index in [0.717, 1.165) is 27.2 Å². The first-order valence-corrected chi connectivity index (χ1v) is 6.94. The maximum Gasteiger partial charge on any atom is 0.156 e. The number of anilines is 1. The topological polar surface area (TPSA) is 39.1 Å². The number of ether oxygens (including phenoxy) is 1. The number of methoxy groups -OCH3 is 1. The van der Waals surface area contributed by atoms with E-state index in [1.165, 1.54) is 0 Å². The van der Waals surface area contributed by atoms with Gasteiger partial charge >= 0.3 is 0 Å². The van der Waals surface area contributed by atoms with Gasteiger partial charge in [0.2, 0.25) is 0 Å². The van der Waals surface area contributed by atoms with Crippen LogP contribution in [0.25, 0.3) is 0 Å². The lowest BCUT2D eigenvalue weighted by atomic mass is 10.2. The molecule has 1 aromatic carbocycles. The van der Waals surface area contributed by atoms with Gasteiger partial charge < -0.3 is 10.1 Å². The Labute approximate surface area is 125 Å². The van der Waals surface area contributed by atoms with Crippen LogP contribution in [0.3, 0.4) is 0 Å². The van der Waals surface area contributed by atoms with Gasteiger partial charge in [-0.15, -0.1) is 0 Å². The summed E-state index contributed by atoms with van der Waals surface area (Å²) in [5.74, 6) is 0.742. The number of hydrogen-bond acceptors (Lipinski definition) is 3. The summed E-state index contributed by atoms with van der Waals surface area (Å²) in [7, 11) is 3.54. The number of halogens is 2. The van der Waals surface area contributed by atoms with E-state index in [-0.39, 0.29) is 0 Å². The Balaban J connectivity index is 2.22. The summed E-state index contributed by atoms with van der Waals surface area (Å²) in [6, 6.07) is 3.65. The van der Waals surface area contributed by atoms with Crippen molar-refractivity contribution >= 4 is 33.2 Å². The number of aryl methyl sites for hydroxylation is 2. The molecule has 1 aromatic heterocycles. The maximum absolute atomic E-state index is 6.05. The molecule has 0 aliphatic carbocycles. The predicted octanol–water partition coefficient (Wildman–Crippen LogP) is 3.77. The molecule has 0 unspecified atom stereocenters. The van der Waals surface area contributed by atoms with Gasteiger partial charge in [0.1, 0.15) is 0 Å². The smallest absolute Gasteiger partial charge is 0.156 e. The van der Waals surface area contributed by atoms with Crippen LogP contribution in [0.1, 0.15) is 11.3 Å². The van der Waals surface area contributed by atoms with Crippen LogP contribution in [0.5, 0.6) is 5.75 Å². The lowest BCUT2D eigenvalue weighted by Crippen LogP contribution is -2.02. The zero-order valence-corrected chi connectivity index (χ0v) is 13.3. The molecule has 2 aromatic rings. The number of rotatable bonds is 4. The van der Waals surface area contributed by atoms with Crippen LogP contribution in [0.15, 0.2) is 22.8 Å². The quantitative estimate of drug-likeness (QED) is 0.918. The Kier molecular flexibility index (Phi) is 4.37. The van der Waals surface area contributed by atoms with E-state index in [1.54, 1.807) is 17.9 Å². The Morgan fingerprint density at radius 3 is 2.79 bits per heavy atom. The van der Waals surface area contributed by atoms with Gasteiger partial charge in [-0.2, -0.15) is 5.10 Å². The molecule has 102 valence electrons. The van der Waals surface area contributed by atoms with E-state index < -0.39 is 0 Å². The molecule has 0 aliphatic rings. The third-order valence-corrected chi connectivity index (χ3v) is 3.60. The fraction of sp³-hybridized carbons (Fsp3) is 0.308. The van der Waals surface area contributed by atoms with E-state index >= 15 is 0 Å². The molecule has 19 heavy (non-hydrogen) atoms. The second-order valence-corrected chi connectivity index (χ2v) is 5.53. The van der Waals surface area contributed by atoms with Crippen molar-refractivity contribution in [3.63, 3.8) is 0 Å².